The van der Waals surface area contributed by atoms with Crippen molar-refractivity contribution in [2.75, 3.05) is 0 Å². The molecule has 17 heavy (non-hydrogen) atoms. The number of hydrogen-bond donors (Lipinski definition) is 1. The van der Waals surface area contributed by atoms with Crippen molar-refractivity contribution >= 4 is 7.32 Å². The molecule has 0 unspecified atom stereocenters. The molecule has 0 saturated carbocycles. The fourth-order valence-electron chi connectivity index (χ4n) is 1.10. The first-order chi connectivity index (χ1) is 8.26. The summed E-state index contributed by atoms with van der Waals surface area (Å²) in [6.45, 7) is 5.46. The fraction of sp³-hybridized carbons (Fsp3) is 0.0769. The predicted molar refractivity (Wildman–Crippen MR) is 69.2 cm³/mol. The predicted octanol–water partition coefficient (Wildman–Crippen LogP) is 2.71. The molecule has 1 aromatic carbocycles. The maximum Gasteiger partial charge on any atom is 0.785 e. The summed E-state index contributed by atoms with van der Waals surface area (Å²) in [5.74, 6) is 0.973. The van der Waals surface area contributed by atoms with Crippen LogP contribution in [-0.2, 0) is 4.65 Å². The van der Waals surface area contributed by atoms with E-state index in [-0.39, 0.29) is 0 Å². The third-order valence-corrected chi connectivity index (χ3v) is 1.87. The molecule has 0 atom stereocenters. The molecular weight excluding hydrogens is 215 g/mol. The van der Waals surface area contributed by atoms with Gasteiger partial charge in [-0.2, -0.15) is 0 Å². The van der Waals surface area contributed by atoms with Gasteiger partial charge in [-0.05, 0) is 31.2 Å². The van der Waals surface area contributed by atoms with Crippen molar-refractivity contribution in [3.05, 3.63) is 67.0 Å². The minimum Gasteiger partial charge on any atom is -0.501 e. The summed E-state index contributed by atoms with van der Waals surface area (Å²) < 4.78 is 10.3. The molecule has 0 aliphatic carbocycles. The van der Waals surface area contributed by atoms with Gasteiger partial charge in [0.2, 0.25) is 0 Å². The van der Waals surface area contributed by atoms with Gasteiger partial charge in [-0.25, -0.2) is 0 Å². The summed E-state index contributed by atoms with van der Waals surface area (Å²) >= 11 is 0. The average molecular weight is 230 g/mol. The largest absolute Gasteiger partial charge is 0.785 e. The Hall–Kier alpha value is -1.94. The summed E-state index contributed by atoms with van der Waals surface area (Å²) in [7, 11) is -1.35. The van der Waals surface area contributed by atoms with Crippen LogP contribution in [0.2, 0.25) is 0 Å². The van der Waals surface area contributed by atoms with Crippen LogP contribution in [-0.4, -0.2) is 12.3 Å². The summed E-state index contributed by atoms with van der Waals surface area (Å²) in [5, 5.41) is 9.55. The maximum absolute atomic E-state index is 9.55. The summed E-state index contributed by atoms with van der Waals surface area (Å²) in [6.07, 6.45) is 6.81. The number of hydrogen-bond acceptors (Lipinski definition) is 3. The van der Waals surface area contributed by atoms with Crippen molar-refractivity contribution in [1.29, 1.82) is 0 Å². The van der Waals surface area contributed by atoms with Gasteiger partial charge in [-0.15, -0.1) is 0 Å². The number of benzene rings is 1. The van der Waals surface area contributed by atoms with Crippen molar-refractivity contribution < 1.29 is 14.3 Å². The Labute approximate surface area is 102 Å². The zero-order valence-electron chi connectivity index (χ0n) is 9.74. The van der Waals surface area contributed by atoms with Crippen LogP contribution in [0.1, 0.15) is 6.92 Å². The molecule has 0 aliphatic heterocycles. The van der Waals surface area contributed by atoms with Gasteiger partial charge in [0.15, 0.2) is 0 Å². The second-order valence-electron chi connectivity index (χ2n) is 3.15. The van der Waals surface area contributed by atoms with Gasteiger partial charge in [0.25, 0.3) is 0 Å². The minimum absolute atomic E-state index is 0.437. The first-order valence-electron chi connectivity index (χ1n) is 5.28. The van der Waals surface area contributed by atoms with Crippen LogP contribution < -0.4 is 4.65 Å². The van der Waals surface area contributed by atoms with E-state index in [9.17, 15) is 5.02 Å². The van der Waals surface area contributed by atoms with Crippen molar-refractivity contribution in [1.82, 2.24) is 0 Å². The first kappa shape index (κ1) is 13.1. The van der Waals surface area contributed by atoms with Crippen molar-refractivity contribution in [3.63, 3.8) is 0 Å². The highest BCUT2D eigenvalue weighted by Crippen LogP contribution is 2.10. The molecule has 0 aromatic heterocycles. The SMILES string of the molecule is C=C/C(=C\C=C/C)OB(O)Oc1ccccc1. The van der Waals surface area contributed by atoms with Crippen LogP contribution >= 0.6 is 0 Å². The molecule has 88 valence electrons. The number of para-hydroxylation sites is 1. The lowest BCUT2D eigenvalue weighted by Gasteiger charge is -2.10. The lowest BCUT2D eigenvalue weighted by Crippen LogP contribution is -2.25. The van der Waals surface area contributed by atoms with Gasteiger partial charge in [-0.1, -0.05) is 36.9 Å². The van der Waals surface area contributed by atoms with E-state index in [0.29, 0.717) is 11.5 Å². The maximum atomic E-state index is 9.55. The van der Waals surface area contributed by atoms with Crippen molar-refractivity contribution in [2.45, 2.75) is 6.92 Å². The Bertz CT molecular complexity index is 398. The van der Waals surface area contributed by atoms with E-state index in [1.54, 1.807) is 24.3 Å². The number of allylic oxidation sites excluding steroid dienone is 4. The third kappa shape index (κ3) is 5.09. The van der Waals surface area contributed by atoms with E-state index >= 15 is 0 Å². The molecular formula is C13H15BO3. The number of rotatable bonds is 6. The van der Waals surface area contributed by atoms with Crippen molar-refractivity contribution in [2.24, 2.45) is 0 Å². The lowest BCUT2D eigenvalue weighted by atomic mass is 10.2. The zero-order chi connectivity index (χ0) is 12.5. The smallest absolute Gasteiger partial charge is 0.501 e. The Balaban J connectivity index is 2.54. The van der Waals surface area contributed by atoms with Gasteiger partial charge in [-0.3, -0.25) is 0 Å². The molecule has 0 spiro atoms. The van der Waals surface area contributed by atoms with Crippen LogP contribution in [0.15, 0.2) is 67.0 Å². The monoisotopic (exact) mass is 230 g/mol. The van der Waals surface area contributed by atoms with Crippen LogP contribution in [0.25, 0.3) is 0 Å². The molecule has 1 N–H and O–H groups in total. The molecule has 0 bridgehead atoms. The highest BCUT2D eigenvalue weighted by atomic mass is 16.7. The Kier molecular flexibility index (Phi) is 5.68. The van der Waals surface area contributed by atoms with Gasteiger partial charge in [0.05, 0.1) is 0 Å². The average Bonchev–Trinajstić information content (AvgIpc) is 2.35. The topological polar surface area (TPSA) is 38.7 Å². The molecule has 0 aliphatic rings. The second-order valence-corrected chi connectivity index (χ2v) is 3.15. The van der Waals surface area contributed by atoms with Gasteiger partial charge >= 0.3 is 7.32 Å². The van der Waals surface area contributed by atoms with E-state index in [2.05, 4.69) is 6.58 Å². The Morgan fingerprint density at radius 1 is 1.35 bits per heavy atom. The normalized spacial score (nSPS) is 11.3. The van der Waals surface area contributed by atoms with Crippen molar-refractivity contribution in [3.8, 4) is 5.75 Å². The van der Waals surface area contributed by atoms with E-state index in [1.807, 2.05) is 31.2 Å². The molecule has 0 amide bonds. The van der Waals surface area contributed by atoms with E-state index < -0.39 is 7.32 Å². The van der Waals surface area contributed by atoms with E-state index in [0.717, 1.165) is 0 Å². The zero-order valence-corrected chi connectivity index (χ0v) is 9.74. The molecule has 3 nitrogen and oxygen atoms in total. The van der Waals surface area contributed by atoms with Gasteiger partial charge in [0, 0.05) is 0 Å². The fourth-order valence-corrected chi connectivity index (χ4v) is 1.10. The van der Waals surface area contributed by atoms with Crippen LogP contribution in [0.4, 0.5) is 0 Å². The molecule has 0 radical (unpaired) electrons. The quantitative estimate of drug-likeness (QED) is 0.464. The highest BCUT2D eigenvalue weighted by Gasteiger charge is 2.20. The van der Waals surface area contributed by atoms with Crippen LogP contribution in [0.5, 0.6) is 5.75 Å². The van der Waals surface area contributed by atoms with Gasteiger partial charge in [0.1, 0.15) is 11.5 Å². The summed E-state index contributed by atoms with van der Waals surface area (Å²) in [5.41, 5.74) is 0. The third-order valence-electron chi connectivity index (χ3n) is 1.87. The highest BCUT2D eigenvalue weighted by molar-refractivity contribution is 6.36. The Morgan fingerprint density at radius 3 is 2.65 bits per heavy atom. The standard InChI is InChI=1S/C13H15BO3/c1-3-5-9-12(4-2)16-14(15)17-13-10-7-6-8-11-13/h3-11,15H,2H2,1H3/b5-3-,12-9+. The summed E-state index contributed by atoms with van der Waals surface area (Å²) in [6, 6.07) is 8.95. The van der Waals surface area contributed by atoms with Crippen LogP contribution in [0, 0.1) is 0 Å². The molecule has 0 heterocycles. The van der Waals surface area contributed by atoms with Gasteiger partial charge < -0.3 is 14.3 Å². The minimum atomic E-state index is -1.35. The lowest BCUT2D eigenvalue weighted by molar-refractivity contribution is 0.253. The van der Waals surface area contributed by atoms with Crippen LogP contribution in [0.3, 0.4) is 0 Å². The van der Waals surface area contributed by atoms with E-state index in [1.165, 1.54) is 6.08 Å². The summed E-state index contributed by atoms with van der Waals surface area (Å²) in [4.78, 5) is 0. The molecule has 1 aromatic rings. The molecule has 0 saturated heterocycles. The molecule has 1 rings (SSSR count). The van der Waals surface area contributed by atoms with E-state index in [4.69, 9.17) is 9.31 Å². The Morgan fingerprint density at radius 2 is 2.06 bits per heavy atom. The molecule has 0 fully saturated rings. The first-order valence-corrected chi connectivity index (χ1v) is 5.28. The molecule has 4 heteroatoms. The second kappa shape index (κ2) is 7.36.